The summed E-state index contributed by atoms with van der Waals surface area (Å²) in [7, 11) is 0. The molecule has 162 valence electrons. The standard InChI is InChI=1S/C27H23ClO4/c1-27(2,3)19-8-4-17(5-9-19)14-24-26(30)22-13-12-21(16-23(22)32-24)31-25(29)15-18-6-10-20(28)11-7-18/h4-14,16H,15H2,1-3H3/b24-14-. The number of ether oxygens (including phenoxy) is 2. The Hall–Kier alpha value is -3.37. The maximum atomic E-state index is 12.7. The molecule has 0 radical (unpaired) electrons. The summed E-state index contributed by atoms with van der Waals surface area (Å²) in [5, 5.41) is 0.608. The maximum Gasteiger partial charge on any atom is 0.315 e. The van der Waals surface area contributed by atoms with Crippen molar-refractivity contribution in [2.45, 2.75) is 32.6 Å². The largest absolute Gasteiger partial charge is 0.452 e. The first-order valence-electron chi connectivity index (χ1n) is 10.3. The summed E-state index contributed by atoms with van der Waals surface area (Å²) in [5.41, 5.74) is 3.40. The number of hydrogen-bond donors (Lipinski definition) is 0. The van der Waals surface area contributed by atoms with Crippen LogP contribution in [0.15, 0.2) is 72.5 Å². The average molecular weight is 447 g/mol. The zero-order chi connectivity index (χ0) is 22.9. The molecule has 3 aromatic rings. The highest BCUT2D eigenvalue weighted by atomic mass is 35.5. The molecule has 0 aromatic heterocycles. The molecule has 4 nitrogen and oxygen atoms in total. The maximum absolute atomic E-state index is 12.7. The summed E-state index contributed by atoms with van der Waals surface area (Å²) >= 11 is 5.87. The van der Waals surface area contributed by atoms with Crippen LogP contribution in [0.25, 0.3) is 6.08 Å². The number of esters is 1. The summed E-state index contributed by atoms with van der Waals surface area (Å²) in [5.74, 6) is 0.342. The fraction of sp³-hybridized carbons (Fsp3) is 0.185. The Bertz CT molecular complexity index is 1200. The Kier molecular flexibility index (Phi) is 5.90. The van der Waals surface area contributed by atoms with E-state index in [4.69, 9.17) is 21.1 Å². The number of hydrogen-bond acceptors (Lipinski definition) is 4. The predicted octanol–water partition coefficient (Wildman–Crippen LogP) is 6.40. The second kappa shape index (κ2) is 8.64. The Balaban J connectivity index is 1.46. The zero-order valence-corrected chi connectivity index (χ0v) is 18.9. The van der Waals surface area contributed by atoms with Gasteiger partial charge in [0.05, 0.1) is 12.0 Å². The highest BCUT2D eigenvalue weighted by molar-refractivity contribution is 6.30. The third kappa shape index (κ3) is 4.92. The highest BCUT2D eigenvalue weighted by Crippen LogP contribution is 2.35. The van der Waals surface area contributed by atoms with Crippen molar-refractivity contribution in [2.24, 2.45) is 0 Å². The van der Waals surface area contributed by atoms with Gasteiger partial charge in [0.25, 0.3) is 0 Å². The molecule has 3 aromatic carbocycles. The van der Waals surface area contributed by atoms with E-state index in [9.17, 15) is 9.59 Å². The van der Waals surface area contributed by atoms with Crippen LogP contribution in [0.3, 0.4) is 0 Å². The molecule has 0 aliphatic carbocycles. The second-order valence-electron chi connectivity index (χ2n) is 8.75. The van der Waals surface area contributed by atoms with E-state index in [-0.39, 0.29) is 23.4 Å². The van der Waals surface area contributed by atoms with Gasteiger partial charge in [-0.25, -0.2) is 0 Å². The van der Waals surface area contributed by atoms with E-state index in [1.807, 2.05) is 12.1 Å². The molecule has 1 heterocycles. The van der Waals surface area contributed by atoms with Crippen LogP contribution in [0.2, 0.25) is 5.02 Å². The number of halogens is 1. The normalized spacial score (nSPS) is 14.2. The fourth-order valence-electron chi connectivity index (χ4n) is 3.40. The molecule has 0 spiro atoms. The van der Waals surface area contributed by atoms with Gasteiger partial charge in [0.2, 0.25) is 5.78 Å². The van der Waals surface area contributed by atoms with Gasteiger partial charge < -0.3 is 9.47 Å². The van der Waals surface area contributed by atoms with Crippen molar-refractivity contribution in [1.29, 1.82) is 0 Å². The minimum atomic E-state index is -0.411. The van der Waals surface area contributed by atoms with Crippen molar-refractivity contribution in [3.05, 3.63) is 99.8 Å². The molecule has 4 rings (SSSR count). The van der Waals surface area contributed by atoms with Crippen LogP contribution < -0.4 is 9.47 Å². The van der Waals surface area contributed by atoms with E-state index in [2.05, 4.69) is 32.9 Å². The average Bonchev–Trinajstić information content (AvgIpc) is 3.04. The Morgan fingerprint density at radius 2 is 1.69 bits per heavy atom. The number of benzene rings is 3. The van der Waals surface area contributed by atoms with E-state index >= 15 is 0 Å². The van der Waals surface area contributed by atoms with Gasteiger partial charge in [-0.15, -0.1) is 0 Å². The van der Waals surface area contributed by atoms with Crippen LogP contribution in [0.4, 0.5) is 0 Å². The molecule has 0 amide bonds. The molecule has 1 aliphatic rings. The van der Waals surface area contributed by atoms with Gasteiger partial charge in [-0.3, -0.25) is 9.59 Å². The number of allylic oxidation sites excluding steroid dienone is 1. The van der Waals surface area contributed by atoms with Gasteiger partial charge in [-0.2, -0.15) is 0 Å². The third-order valence-corrected chi connectivity index (χ3v) is 5.46. The Morgan fingerprint density at radius 1 is 1.00 bits per heavy atom. The molecular formula is C27H23ClO4. The fourth-order valence-corrected chi connectivity index (χ4v) is 3.52. The molecule has 5 heteroatoms. The molecular weight excluding hydrogens is 424 g/mol. The number of rotatable bonds is 4. The minimum absolute atomic E-state index is 0.0585. The zero-order valence-electron chi connectivity index (χ0n) is 18.1. The summed E-state index contributed by atoms with van der Waals surface area (Å²) in [6, 6.07) is 19.8. The lowest BCUT2D eigenvalue weighted by atomic mass is 9.86. The lowest BCUT2D eigenvalue weighted by Gasteiger charge is -2.18. The summed E-state index contributed by atoms with van der Waals surface area (Å²) in [6.07, 6.45) is 1.84. The predicted molar refractivity (Wildman–Crippen MR) is 125 cm³/mol. The monoisotopic (exact) mass is 446 g/mol. The molecule has 0 bridgehead atoms. The molecule has 0 unspecified atom stereocenters. The first-order valence-corrected chi connectivity index (χ1v) is 10.7. The summed E-state index contributed by atoms with van der Waals surface area (Å²) in [6.45, 7) is 6.46. The van der Waals surface area contributed by atoms with Crippen molar-refractivity contribution in [2.75, 3.05) is 0 Å². The van der Waals surface area contributed by atoms with Gasteiger partial charge in [-0.1, -0.05) is 68.8 Å². The van der Waals surface area contributed by atoms with Gasteiger partial charge in [0.15, 0.2) is 5.76 Å². The number of fused-ring (bicyclic) bond motifs is 1. The molecule has 0 saturated carbocycles. The van der Waals surface area contributed by atoms with Crippen molar-refractivity contribution >= 4 is 29.4 Å². The lowest BCUT2D eigenvalue weighted by Crippen LogP contribution is -2.11. The van der Waals surface area contributed by atoms with Crippen molar-refractivity contribution in [3.8, 4) is 11.5 Å². The summed E-state index contributed by atoms with van der Waals surface area (Å²) < 4.78 is 11.2. The molecule has 1 aliphatic heterocycles. The molecule has 32 heavy (non-hydrogen) atoms. The van der Waals surface area contributed by atoms with E-state index in [0.29, 0.717) is 22.1 Å². The SMILES string of the molecule is CC(C)(C)c1ccc(/C=C2\Oc3cc(OC(=O)Cc4ccc(Cl)cc4)ccc3C2=O)cc1. The lowest BCUT2D eigenvalue weighted by molar-refractivity contribution is -0.133. The topological polar surface area (TPSA) is 52.6 Å². The van der Waals surface area contributed by atoms with Crippen LogP contribution >= 0.6 is 11.6 Å². The third-order valence-electron chi connectivity index (χ3n) is 5.21. The Morgan fingerprint density at radius 3 is 2.34 bits per heavy atom. The van der Waals surface area contributed by atoms with Crippen LogP contribution in [0.5, 0.6) is 11.5 Å². The smallest absolute Gasteiger partial charge is 0.315 e. The van der Waals surface area contributed by atoms with Crippen LogP contribution in [-0.4, -0.2) is 11.8 Å². The number of ketones is 1. The number of carbonyl (C=O) groups is 2. The first kappa shape index (κ1) is 21.8. The van der Waals surface area contributed by atoms with E-state index < -0.39 is 5.97 Å². The molecule has 0 saturated heterocycles. The van der Waals surface area contributed by atoms with Gasteiger partial charge in [-0.05, 0) is 52.4 Å². The Labute approximate surface area is 192 Å². The van der Waals surface area contributed by atoms with E-state index in [1.54, 1.807) is 48.5 Å². The van der Waals surface area contributed by atoms with Crippen molar-refractivity contribution in [1.82, 2.24) is 0 Å². The number of carbonyl (C=O) groups excluding carboxylic acids is 2. The minimum Gasteiger partial charge on any atom is -0.452 e. The van der Waals surface area contributed by atoms with Gasteiger partial charge in [0, 0.05) is 11.1 Å². The van der Waals surface area contributed by atoms with Gasteiger partial charge in [0.1, 0.15) is 11.5 Å². The van der Waals surface area contributed by atoms with Crippen molar-refractivity contribution < 1.29 is 19.1 Å². The van der Waals surface area contributed by atoms with Crippen LogP contribution in [-0.2, 0) is 16.6 Å². The summed E-state index contributed by atoms with van der Waals surface area (Å²) in [4.78, 5) is 25.0. The van der Waals surface area contributed by atoms with E-state index in [0.717, 1.165) is 11.1 Å². The van der Waals surface area contributed by atoms with Crippen molar-refractivity contribution in [3.63, 3.8) is 0 Å². The van der Waals surface area contributed by atoms with Gasteiger partial charge >= 0.3 is 5.97 Å². The van der Waals surface area contributed by atoms with Crippen LogP contribution in [0.1, 0.15) is 47.8 Å². The van der Waals surface area contributed by atoms with Crippen LogP contribution in [0, 0.1) is 0 Å². The number of Topliss-reactive ketones (excluding diaryl/α,β-unsaturated/α-hetero) is 1. The quantitative estimate of drug-likeness (QED) is 0.264. The highest BCUT2D eigenvalue weighted by Gasteiger charge is 2.28. The van der Waals surface area contributed by atoms with E-state index in [1.165, 1.54) is 5.56 Å². The molecule has 0 N–H and O–H groups in total. The first-order chi connectivity index (χ1) is 15.2. The molecule has 0 fully saturated rings. The molecule has 0 atom stereocenters. The second-order valence-corrected chi connectivity index (χ2v) is 9.18.